The molecule has 3 heteroatoms. The molecule has 1 rings (SSSR count). The molecule has 11 heavy (non-hydrogen) atoms. The van der Waals surface area contributed by atoms with E-state index in [0.717, 1.165) is 6.07 Å². The smallest absolute Gasteiger partial charge is 0.166 e. The molecule has 58 valence electrons. The van der Waals surface area contributed by atoms with Crippen LogP contribution in [0.5, 0.6) is 0 Å². The first-order valence-electron chi connectivity index (χ1n) is 3.02. The molecule has 0 unspecified atom stereocenters. The fraction of sp³-hybridized carbons (Fsp3) is 0. The molecule has 0 heterocycles. The largest absolute Gasteiger partial charge is 0.399 e. The van der Waals surface area contributed by atoms with Crippen molar-refractivity contribution < 1.29 is 8.78 Å². The predicted octanol–water partition coefficient (Wildman–Crippen LogP) is 2.19. The van der Waals surface area contributed by atoms with Crippen molar-refractivity contribution in [2.24, 2.45) is 0 Å². The molecule has 2 N–H and O–H groups in total. The van der Waals surface area contributed by atoms with Crippen molar-refractivity contribution in [3.05, 3.63) is 35.9 Å². The van der Waals surface area contributed by atoms with Crippen molar-refractivity contribution in [3.63, 3.8) is 0 Å². The Bertz CT molecular complexity index is 294. The summed E-state index contributed by atoms with van der Waals surface area (Å²) in [5.41, 5.74) is 5.53. The zero-order valence-corrected chi connectivity index (χ0v) is 5.77. The molecule has 0 spiro atoms. The third-order valence-corrected chi connectivity index (χ3v) is 1.30. The van der Waals surface area contributed by atoms with Gasteiger partial charge in [-0.2, -0.15) is 0 Å². The second-order valence-corrected chi connectivity index (χ2v) is 2.11. The summed E-state index contributed by atoms with van der Waals surface area (Å²) in [5, 5.41) is 0. The molecule has 0 radical (unpaired) electrons. The Morgan fingerprint density at radius 3 is 2.55 bits per heavy atom. The Morgan fingerprint density at radius 2 is 2.00 bits per heavy atom. The van der Waals surface area contributed by atoms with Crippen LogP contribution in [-0.2, 0) is 0 Å². The molecule has 0 aromatic heterocycles. The molecular formula is C8H7F2N. The molecule has 0 saturated heterocycles. The van der Waals surface area contributed by atoms with Crippen LogP contribution in [-0.4, -0.2) is 0 Å². The van der Waals surface area contributed by atoms with Crippen molar-refractivity contribution in [1.29, 1.82) is 0 Å². The molecule has 0 atom stereocenters. The summed E-state index contributed by atoms with van der Waals surface area (Å²) in [6, 6.07) is 2.26. The van der Waals surface area contributed by atoms with Gasteiger partial charge in [-0.15, -0.1) is 0 Å². The lowest BCUT2D eigenvalue weighted by Crippen LogP contribution is -1.93. The first kappa shape index (κ1) is 7.72. The van der Waals surface area contributed by atoms with Crippen LogP contribution in [0.25, 0.3) is 6.08 Å². The molecule has 1 aromatic rings. The molecule has 0 aliphatic carbocycles. The van der Waals surface area contributed by atoms with Crippen molar-refractivity contribution >= 4 is 11.8 Å². The normalized spacial score (nSPS) is 9.64. The highest BCUT2D eigenvalue weighted by molar-refractivity contribution is 5.55. The lowest BCUT2D eigenvalue weighted by atomic mass is 10.2. The summed E-state index contributed by atoms with van der Waals surface area (Å²) in [6.07, 6.45) is 1.22. The Balaban J connectivity index is 3.35. The fourth-order valence-electron chi connectivity index (χ4n) is 0.781. The summed E-state index contributed by atoms with van der Waals surface area (Å²) >= 11 is 0. The van der Waals surface area contributed by atoms with E-state index in [1.54, 1.807) is 0 Å². The van der Waals surface area contributed by atoms with Gasteiger partial charge in [0.05, 0.1) is 0 Å². The van der Waals surface area contributed by atoms with Gasteiger partial charge in [0, 0.05) is 11.3 Å². The quantitative estimate of drug-likeness (QED) is 0.618. The Morgan fingerprint density at radius 1 is 1.36 bits per heavy atom. The second-order valence-electron chi connectivity index (χ2n) is 2.11. The van der Waals surface area contributed by atoms with E-state index < -0.39 is 11.6 Å². The van der Waals surface area contributed by atoms with E-state index >= 15 is 0 Å². The zero-order valence-electron chi connectivity index (χ0n) is 5.77. The topological polar surface area (TPSA) is 26.0 Å². The SMILES string of the molecule is C=Cc1cc(N)cc(F)c1F. The molecule has 0 aliphatic rings. The highest BCUT2D eigenvalue weighted by atomic mass is 19.2. The summed E-state index contributed by atoms with van der Waals surface area (Å²) in [5.74, 6) is -1.85. The average Bonchev–Trinajstić information content (AvgIpc) is 1.96. The number of nitrogen functional groups attached to an aromatic ring is 1. The first-order valence-corrected chi connectivity index (χ1v) is 3.02. The summed E-state index contributed by atoms with van der Waals surface area (Å²) < 4.78 is 25.2. The van der Waals surface area contributed by atoms with Gasteiger partial charge in [-0.25, -0.2) is 8.78 Å². The lowest BCUT2D eigenvalue weighted by molar-refractivity contribution is 0.507. The van der Waals surface area contributed by atoms with Gasteiger partial charge >= 0.3 is 0 Å². The number of halogens is 2. The highest BCUT2D eigenvalue weighted by Gasteiger charge is 2.05. The minimum atomic E-state index is -0.945. The van der Waals surface area contributed by atoms with E-state index in [0.29, 0.717) is 0 Å². The van der Waals surface area contributed by atoms with E-state index in [2.05, 4.69) is 6.58 Å². The Labute approximate surface area is 63.1 Å². The molecule has 1 aromatic carbocycles. The standard InChI is InChI=1S/C8H7F2N/c1-2-5-3-6(11)4-7(9)8(5)10/h2-4H,1,11H2. The Hall–Kier alpha value is -1.38. The molecule has 1 nitrogen and oxygen atoms in total. The van der Waals surface area contributed by atoms with Gasteiger partial charge in [0.15, 0.2) is 11.6 Å². The van der Waals surface area contributed by atoms with Crippen LogP contribution in [0.15, 0.2) is 18.7 Å². The van der Waals surface area contributed by atoms with Gasteiger partial charge in [0.1, 0.15) is 0 Å². The maximum absolute atomic E-state index is 12.7. The van der Waals surface area contributed by atoms with Crippen LogP contribution >= 0.6 is 0 Å². The van der Waals surface area contributed by atoms with E-state index in [1.165, 1.54) is 12.1 Å². The van der Waals surface area contributed by atoms with Crippen molar-refractivity contribution in [1.82, 2.24) is 0 Å². The summed E-state index contributed by atoms with van der Waals surface area (Å²) in [4.78, 5) is 0. The third kappa shape index (κ3) is 1.37. The average molecular weight is 155 g/mol. The maximum atomic E-state index is 12.7. The van der Waals surface area contributed by atoms with Gasteiger partial charge in [0.25, 0.3) is 0 Å². The first-order chi connectivity index (χ1) is 5.15. The van der Waals surface area contributed by atoms with Gasteiger partial charge in [-0.3, -0.25) is 0 Å². The second kappa shape index (κ2) is 2.70. The number of nitrogens with two attached hydrogens (primary N) is 1. The fourth-order valence-corrected chi connectivity index (χ4v) is 0.781. The van der Waals surface area contributed by atoms with Gasteiger partial charge in [-0.1, -0.05) is 12.7 Å². The molecule has 0 bridgehead atoms. The monoisotopic (exact) mass is 155 g/mol. The molecule has 0 saturated carbocycles. The highest BCUT2D eigenvalue weighted by Crippen LogP contribution is 2.16. The number of benzene rings is 1. The molecule has 0 amide bonds. The van der Waals surface area contributed by atoms with Crippen LogP contribution < -0.4 is 5.73 Å². The van der Waals surface area contributed by atoms with Crippen molar-refractivity contribution in [2.75, 3.05) is 5.73 Å². The van der Waals surface area contributed by atoms with Gasteiger partial charge < -0.3 is 5.73 Å². The van der Waals surface area contributed by atoms with Crippen molar-refractivity contribution in [2.45, 2.75) is 0 Å². The van der Waals surface area contributed by atoms with E-state index in [1.807, 2.05) is 0 Å². The minimum Gasteiger partial charge on any atom is -0.399 e. The number of hydrogen-bond donors (Lipinski definition) is 1. The number of hydrogen-bond acceptors (Lipinski definition) is 1. The lowest BCUT2D eigenvalue weighted by Gasteiger charge is -1.99. The van der Waals surface area contributed by atoms with Crippen LogP contribution in [0.4, 0.5) is 14.5 Å². The van der Waals surface area contributed by atoms with Crippen LogP contribution in [0.1, 0.15) is 5.56 Å². The Kier molecular flexibility index (Phi) is 1.89. The maximum Gasteiger partial charge on any atom is 0.166 e. The van der Waals surface area contributed by atoms with Gasteiger partial charge in [0.2, 0.25) is 0 Å². The van der Waals surface area contributed by atoms with E-state index in [-0.39, 0.29) is 11.3 Å². The summed E-state index contributed by atoms with van der Waals surface area (Å²) in [6.45, 7) is 3.31. The predicted molar refractivity (Wildman–Crippen MR) is 40.9 cm³/mol. The van der Waals surface area contributed by atoms with Crippen LogP contribution in [0, 0.1) is 11.6 Å². The zero-order chi connectivity index (χ0) is 8.43. The number of anilines is 1. The van der Waals surface area contributed by atoms with E-state index in [4.69, 9.17) is 5.73 Å². The van der Waals surface area contributed by atoms with Crippen LogP contribution in [0.2, 0.25) is 0 Å². The molecule has 0 fully saturated rings. The van der Waals surface area contributed by atoms with Crippen LogP contribution in [0.3, 0.4) is 0 Å². The molecule has 0 aliphatic heterocycles. The number of rotatable bonds is 1. The molecular weight excluding hydrogens is 148 g/mol. The van der Waals surface area contributed by atoms with Gasteiger partial charge in [-0.05, 0) is 12.1 Å². The van der Waals surface area contributed by atoms with E-state index in [9.17, 15) is 8.78 Å². The summed E-state index contributed by atoms with van der Waals surface area (Å²) in [7, 11) is 0. The third-order valence-electron chi connectivity index (χ3n) is 1.30. The van der Waals surface area contributed by atoms with Crippen molar-refractivity contribution in [3.8, 4) is 0 Å². The minimum absolute atomic E-state index is 0.0856.